The maximum absolute atomic E-state index is 13.5. The highest BCUT2D eigenvalue weighted by molar-refractivity contribution is 7.69. The van der Waals surface area contributed by atoms with Crippen molar-refractivity contribution in [2.45, 2.75) is 49.1 Å². The Morgan fingerprint density at radius 2 is 0.691 bits per heavy atom. The van der Waals surface area contributed by atoms with Crippen LogP contribution in [0.15, 0.2) is 165 Å². The highest BCUT2D eigenvalue weighted by Crippen LogP contribution is 2.71. The number of nitrogens with one attached hydrogen (secondary N) is 2. The highest BCUT2D eigenvalue weighted by atomic mass is 31.3. The lowest BCUT2D eigenvalue weighted by Gasteiger charge is -2.25. The van der Waals surface area contributed by atoms with Crippen LogP contribution in [0.25, 0.3) is 0 Å². The van der Waals surface area contributed by atoms with E-state index in [1.54, 1.807) is 24.3 Å². The molecule has 35 heteroatoms. The van der Waals surface area contributed by atoms with Crippen molar-refractivity contribution in [1.29, 1.82) is 0 Å². The van der Waals surface area contributed by atoms with Crippen LogP contribution in [0.4, 0.5) is 0 Å². The van der Waals surface area contributed by atoms with Gasteiger partial charge < -0.3 is 48.0 Å². The number of hydrogen-bond donors (Lipinski definition) is 6. The van der Waals surface area contributed by atoms with Gasteiger partial charge in [0.15, 0.2) is 36.9 Å². The van der Waals surface area contributed by atoms with Crippen LogP contribution in [-0.4, -0.2) is 112 Å². The molecule has 0 spiro atoms. The number of nitrogens with zero attached hydrogens (tertiary/aromatic N) is 2. The van der Waals surface area contributed by atoms with E-state index >= 15 is 0 Å². The third-order valence-electron chi connectivity index (χ3n) is 11.3. The molecule has 0 bridgehead atoms. The summed E-state index contributed by atoms with van der Waals surface area (Å²) in [4.78, 5) is 150. The number of H-pyrrole nitrogens is 2. The van der Waals surface area contributed by atoms with Gasteiger partial charge in [0.1, 0.15) is 12.2 Å². The van der Waals surface area contributed by atoms with E-state index < -0.39 is 140 Å². The number of rotatable bonds is 22. The van der Waals surface area contributed by atoms with Crippen molar-refractivity contribution in [1.82, 2.24) is 19.1 Å². The number of ether oxygens (including phenoxy) is 6. The van der Waals surface area contributed by atoms with E-state index in [0.29, 0.717) is 9.13 Å². The van der Waals surface area contributed by atoms with E-state index in [1.165, 1.54) is 97.1 Å². The molecule has 31 nitrogen and oxygen atoms in total. The number of esters is 4. The van der Waals surface area contributed by atoms with Crippen LogP contribution in [0.2, 0.25) is 0 Å². The van der Waals surface area contributed by atoms with Crippen LogP contribution in [0.3, 0.4) is 0 Å². The van der Waals surface area contributed by atoms with E-state index in [9.17, 15) is 76.2 Å². The fourth-order valence-corrected chi connectivity index (χ4v) is 12.7. The zero-order valence-electron chi connectivity index (χ0n) is 40.8. The smallest absolute Gasteiger partial charge is 0.452 e. The van der Waals surface area contributed by atoms with Crippen molar-refractivity contribution in [2.24, 2.45) is 0 Å². The SMILES string of the molecule is O=C(O[C@@H]1[C@H](OC(=O)c2ccccc2)[C@@H](n2ccc(=O)[nH]c2=O)O[C@H]1COP(=O)(O)OP(=O)(O)OP(=O)(O)OP(=O)(O)OC[C@H]1O[C@@H](n2ccc(=O)[nH]c2=O)[C@H](OC(=O)c2ccccc2)[C@@H]1OC(=O)c1ccccc1)c1ccccc1. The molecule has 81 heavy (non-hydrogen) atoms. The lowest BCUT2D eigenvalue weighted by molar-refractivity contribution is -0.0597. The van der Waals surface area contributed by atoms with Gasteiger partial charge in [-0.15, -0.1) is 0 Å². The molecule has 6 N–H and O–H groups in total. The predicted molar refractivity (Wildman–Crippen MR) is 268 cm³/mol. The Labute approximate surface area is 452 Å². The summed E-state index contributed by atoms with van der Waals surface area (Å²) in [5.41, 5.74) is -4.39. The fourth-order valence-electron chi connectivity index (χ4n) is 7.79. The van der Waals surface area contributed by atoms with Crippen molar-refractivity contribution < 1.29 is 107 Å². The standard InChI is InChI=1S/C46H42N4O27P4/c51-33-21-23-49(45(57)47-33)39-37(73-43(55)29-17-9-3-10-18-29)35(71-41(53)27-13-5-1-6-14-27)31(69-39)25-67-78(59,60)75-80(63,64)77-81(65,66)76-79(61,62)68-26-32-36(72-42(54)28-15-7-2-8-16-28)38(74-44(56)30-19-11-4-12-20-30)40(70-32)50-24-22-34(52)48-46(50)58/h1-24,31-32,35-40H,25-26H2,(H,59,60)(H,61,62)(H,63,64)(H,65,66)(H,47,51,57)(H,48,52,58)/t31-,32+,35-,36+,37-,38+,39-,40+. The molecule has 0 radical (unpaired) electrons. The maximum Gasteiger partial charge on any atom is 0.490 e. The van der Waals surface area contributed by atoms with E-state index in [0.717, 1.165) is 24.5 Å². The lowest BCUT2D eigenvalue weighted by Crippen LogP contribution is -2.42. The summed E-state index contributed by atoms with van der Waals surface area (Å²) in [5, 5.41) is 0. The van der Waals surface area contributed by atoms with Gasteiger partial charge in [-0.1, -0.05) is 72.8 Å². The van der Waals surface area contributed by atoms with Gasteiger partial charge in [0.05, 0.1) is 35.5 Å². The summed E-state index contributed by atoms with van der Waals surface area (Å²) in [6, 6.07) is 30.2. The average molecular weight is 1210 g/mol. The maximum atomic E-state index is 13.5. The summed E-state index contributed by atoms with van der Waals surface area (Å²) in [6.45, 7) is -2.70. The van der Waals surface area contributed by atoms with Gasteiger partial charge in [0.25, 0.3) is 11.1 Å². The first-order valence-corrected chi connectivity index (χ1v) is 29.1. The molecule has 428 valence electrons. The molecule has 0 amide bonds. The van der Waals surface area contributed by atoms with Crippen molar-refractivity contribution in [3.63, 3.8) is 0 Å². The first kappa shape index (κ1) is 59.7. The second-order valence-electron chi connectivity index (χ2n) is 16.8. The topological polar surface area (TPSA) is 429 Å². The van der Waals surface area contributed by atoms with Gasteiger partial charge in [-0.25, -0.2) is 47.0 Å². The minimum absolute atomic E-state index is 0.0639. The van der Waals surface area contributed by atoms with Crippen LogP contribution >= 0.6 is 31.3 Å². The first-order valence-electron chi connectivity index (χ1n) is 23.1. The lowest BCUT2D eigenvalue weighted by atomic mass is 10.1. The van der Waals surface area contributed by atoms with Crippen LogP contribution < -0.4 is 22.5 Å². The minimum atomic E-state index is -6.52. The quantitative estimate of drug-likeness (QED) is 0.0323. The Morgan fingerprint density at radius 1 is 0.420 bits per heavy atom. The Balaban J connectivity index is 0.979. The van der Waals surface area contributed by atoms with Gasteiger partial charge >= 0.3 is 66.5 Å². The molecular formula is C46H42N4O27P4. The van der Waals surface area contributed by atoms with Crippen molar-refractivity contribution >= 4 is 55.2 Å². The summed E-state index contributed by atoms with van der Waals surface area (Å²) in [6.07, 6.45) is -13.2. The van der Waals surface area contributed by atoms with Gasteiger partial charge in [-0.05, 0) is 48.5 Å². The van der Waals surface area contributed by atoms with E-state index in [-0.39, 0.29) is 22.3 Å². The second kappa shape index (κ2) is 25.2. The van der Waals surface area contributed by atoms with E-state index in [2.05, 4.69) is 12.9 Å². The van der Waals surface area contributed by atoms with Crippen molar-refractivity contribution in [3.05, 3.63) is 210 Å². The normalized spacial score (nSPS) is 23.6. The molecule has 0 aliphatic carbocycles. The van der Waals surface area contributed by atoms with Gasteiger partial charge in [0.2, 0.25) is 0 Å². The molecule has 2 aromatic heterocycles. The molecule has 6 aromatic rings. The van der Waals surface area contributed by atoms with Crippen LogP contribution in [-0.2, 0) is 68.7 Å². The van der Waals surface area contributed by atoms with Gasteiger partial charge in [0, 0.05) is 24.5 Å². The summed E-state index contributed by atoms with van der Waals surface area (Å²) < 4.78 is 110. The predicted octanol–water partition coefficient (Wildman–Crippen LogP) is 3.27. The average Bonchev–Trinajstić information content (AvgIpc) is 4.13. The molecule has 4 unspecified atom stereocenters. The Kier molecular flexibility index (Phi) is 18.6. The molecule has 8 rings (SSSR count). The molecule has 4 heterocycles. The minimum Gasteiger partial charge on any atom is -0.452 e. The number of aromatic nitrogens is 4. The van der Waals surface area contributed by atoms with Crippen LogP contribution in [0, 0.1) is 0 Å². The van der Waals surface area contributed by atoms with Gasteiger partial charge in [-0.2, -0.15) is 12.9 Å². The molecule has 2 fully saturated rings. The largest absolute Gasteiger partial charge is 0.490 e. The molecule has 2 aliphatic heterocycles. The Bertz CT molecular complexity index is 3480. The Morgan fingerprint density at radius 3 is 0.975 bits per heavy atom. The summed E-state index contributed by atoms with van der Waals surface area (Å²) in [7, 11) is -25.3. The molecular weight excluding hydrogens is 1160 g/mol. The molecule has 0 saturated carbocycles. The molecule has 2 saturated heterocycles. The number of aromatic amines is 2. The monoisotopic (exact) mass is 1210 g/mol. The number of benzene rings is 4. The van der Waals surface area contributed by atoms with E-state index in [1.807, 2.05) is 9.97 Å². The van der Waals surface area contributed by atoms with Crippen LogP contribution in [0.5, 0.6) is 0 Å². The zero-order valence-corrected chi connectivity index (χ0v) is 44.3. The fraction of sp³-hybridized carbons (Fsp3) is 0.217. The van der Waals surface area contributed by atoms with Crippen LogP contribution in [0.1, 0.15) is 53.9 Å². The summed E-state index contributed by atoms with van der Waals surface area (Å²) in [5.74, 6) is -4.40. The third kappa shape index (κ3) is 15.5. The number of carbonyl (C=O) groups excluding carboxylic acids is 4. The summed E-state index contributed by atoms with van der Waals surface area (Å²) >= 11 is 0. The Hall–Kier alpha value is -7.40. The molecule has 4 aromatic carbocycles. The van der Waals surface area contributed by atoms with Gasteiger partial charge in [-0.3, -0.25) is 37.7 Å². The first-order chi connectivity index (χ1) is 38.4. The number of hydrogen-bond acceptors (Lipinski definition) is 23. The third-order valence-corrected chi connectivity index (χ3v) is 17.2. The number of carbonyl (C=O) groups is 4. The number of phosphoric acid groups is 4. The molecule has 12 atom stereocenters. The van der Waals surface area contributed by atoms with E-state index in [4.69, 9.17) is 37.5 Å². The highest BCUT2D eigenvalue weighted by Gasteiger charge is 2.55. The molecule has 2 aliphatic rings. The zero-order chi connectivity index (χ0) is 58.3. The van der Waals surface area contributed by atoms with Crippen molar-refractivity contribution in [3.8, 4) is 0 Å². The second-order valence-corrected chi connectivity index (χ2v) is 23.0. The van der Waals surface area contributed by atoms with Crippen molar-refractivity contribution in [2.75, 3.05) is 13.2 Å². The number of phosphoric ester groups is 2.